The van der Waals surface area contributed by atoms with Gasteiger partial charge < -0.3 is 15.0 Å². The fraction of sp³-hybridized carbons (Fsp3) is 0.875. The second kappa shape index (κ2) is 7.25. The number of rotatable bonds is 6. The van der Waals surface area contributed by atoms with Gasteiger partial charge in [-0.2, -0.15) is 0 Å². The maximum absolute atomic E-state index is 12.7. The molecule has 1 saturated heterocycles. The largest absolute Gasteiger partial charge is 0.380 e. The van der Waals surface area contributed by atoms with E-state index >= 15 is 0 Å². The Kier molecular flexibility index (Phi) is 5.62. The highest BCUT2D eigenvalue weighted by atomic mass is 16.5. The van der Waals surface area contributed by atoms with Crippen LogP contribution in [0.3, 0.4) is 0 Å². The van der Waals surface area contributed by atoms with Gasteiger partial charge in [-0.1, -0.05) is 33.1 Å². The van der Waals surface area contributed by atoms with Crippen molar-refractivity contribution in [3.05, 3.63) is 0 Å². The Morgan fingerprint density at radius 1 is 1.19 bits per heavy atom. The number of carbonyl (C=O) groups is 2. The van der Waals surface area contributed by atoms with Gasteiger partial charge in [0.05, 0.1) is 6.61 Å². The number of hydrogen-bond donors (Lipinski definition) is 1. The van der Waals surface area contributed by atoms with Crippen LogP contribution in [0.2, 0.25) is 0 Å². The third-order valence-corrected chi connectivity index (χ3v) is 4.71. The first-order valence-electron chi connectivity index (χ1n) is 8.36. The van der Waals surface area contributed by atoms with Crippen LogP contribution in [0.25, 0.3) is 0 Å². The van der Waals surface area contributed by atoms with Gasteiger partial charge in [0, 0.05) is 13.2 Å². The molecule has 1 aliphatic carbocycles. The summed E-state index contributed by atoms with van der Waals surface area (Å²) in [4.78, 5) is 27.2. The van der Waals surface area contributed by atoms with Crippen LogP contribution in [-0.2, 0) is 14.3 Å². The molecule has 1 saturated carbocycles. The van der Waals surface area contributed by atoms with E-state index in [0.29, 0.717) is 26.2 Å². The summed E-state index contributed by atoms with van der Waals surface area (Å²) >= 11 is 0. The van der Waals surface area contributed by atoms with Gasteiger partial charge in [-0.05, 0) is 25.7 Å². The van der Waals surface area contributed by atoms with Gasteiger partial charge in [0.2, 0.25) is 11.8 Å². The molecule has 1 spiro atoms. The molecule has 5 nitrogen and oxygen atoms in total. The molecule has 2 fully saturated rings. The van der Waals surface area contributed by atoms with Crippen molar-refractivity contribution in [1.29, 1.82) is 0 Å². The van der Waals surface area contributed by atoms with Crippen LogP contribution in [0, 0.1) is 0 Å². The van der Waals surface area contributed by atoms with Crippen LogP contribution >= 0.6 is 0 Å². The summed E-state index contributed by atoms with van der Waals surface area (Å²) in [7, 11) is 0. The Balaban J connectivity index is 2.14. The van der Waals surface area contributed by atoms with E-state index in [0.717, 1.165) is 38.5 Å². The van der Waals surface area contributed by atoms with Crippen LogP contribution in [0.15, 0.2) is 0 Å². The summed E-state index contributed by atoms with van der Waals surface area (Å²) in [5.74, 6) is 0.114. The summed E-state index contributed by atoms with van der Waals surface area (Å²) in [5, 5.41) is 2.94. The molecule has 0 bridgehead atoms. The molecule has 21 heavy (non-hydrogen) atoms. The Morgan fingerprint density at radius 2 is 1.90 bits per heavy atom. The van der Waals surface area contributed by atoms with Crippen LogP contribution in [0.4, 0.5) is 0 Å². The maximum Gasteiger partial charge on any atom is 0.246 e. The number of piperazine rings is 1. The standard InChI is InChI=1S/C16H28N2O3/c1-3-11-21-12-10-18-14(19)13(4-2)17-15(20)16(18)8-6-5-7-9-16/h13H,3-12H2,1-2H3,(H,17,20). The van der Waals surface area contributed by atoms with Crippen molar-refractivity contribution < 1.29 is 14.3 Å². The van der Waals surface area contributed by atoms with Gasteiger partial charge in [-0.15, -0.1) is 0 Å². The third-order valence-electron chi connectivity index (χ3n) is 4.71. The highest BCUT2D eigenvalue weighted by molar-refractivity contribution is 5.99. The highest BCUT2D eigenvalue weighted by Gasteiger charge is 2.51. The number of carbonyl (C=O) groups excluding carboxylic acids is 2. The number of hydrogen-bond acceptors (Lipinski definition) is 3. The minimum atomic E-state index is -0.615. The molecule has 1 unspecified atom stereocenters. The third kappa shape index (κ3) is 3.23. The van der Waals surface area contributed by atoms with Gasteiger partial charge >= 0.3 is 0 Å². The second-order valence-corrected chi connectivity index (χ2v) is 6.13. The van der Waals surface area contributed by atoms with Gasteiger partial charge in [0.1, 0.15) is 11.6 Å². The average molecular weight is 296 g/mol. The molecule has 1 N–H and O–H groups in total. The van der Waals surface area contributed by atoms with Gasteiger partial charge in [-0.3, -0.25) is 9.59 Å². The predicted molar refractivity (Wildman–Crippen MR) is 80.9 cm³/mol. The lowest BCUT2D eigenvalue weighted by atomic mass is 9.77. The quantitative estimate of drug-likeness (QED) is 0.761. The molecular weight excluding hydrogens is 268 g/mol. The maximum atomic E-state index is 12.7. The van der Waals surface area contributed by atoms with E-state index in [1.165, 1.54) is 0 Å². The second-order valence-electron chi connectivity index (χ2n) is 6.13. The van der Waals surface area contributed by atoms with Crippen LogP contribution in [-0.4, -0.2) is 48.1 Å². The number of ether oxygens (including phenoxy) is 1. The summed E-state index contributed by atoms with van der Waals surface area (Å²) in [5.41, 5.74) is -0.615. The summed E-state index contributed by atoms with van der Waals surface area (Å²) in [6, 6.07) is -0.365. The molecule has 0 aromatic rings. The van der Waals surface area contributed by atoms with Crippen molar-refractivity contribution in [3.8, 4) is 0 Å². The monoisotopic (exact) mass is 296 g/mol. The Morgan fingerprint density at radius 3 is 2.52 bits per heavy atom. The Labute approximate surface area is 127 Å². The minimum absolute atomic E-state index is 0.0455. The minimum Gasteiger partial charge on any atom is -0.380 e. The zero-order valence-electron chi connectivity index (χ0n) is 13.3. The van der Waals surface area contributed by atoms with Crippen molar-refractivity contribution in [2.75, 3.05) is 19.8 Å². The van der Waals surface area contributed by atoms with Crippen LogP contribution in [0.5, 0.6) is 0 Å². The molecule has 0 aromatic carbocycles. The molecule has 2 amide bonds. The smallest absolute Gasteiger partial charge is 0.246 e. The summed E-state index contributed by atoms with van der Waals surface area (Å²) in [6.45, 7) is 5.76. The lowest BCUT2D eigenvalue weighted by molar-refractivity contribution is -0.161. The van der Waals surface area contributed by atoms with Crippen LogP contribution in [0.1, 0.15) is 58.8 Å². The van der Waals surface area contributed by atoms with Crippen molar-refractivity contribution in [3.63, 3.8) is 0 Å². The van der Waals surface area contributed by atoms with Gasteiger partial charge in [0.15, 0.2) is 0 Å². The lowest BCUT2D eigenvalue weighted by Crippen LogP contribution is -2.71. The predicted octanol–water partition coefficient (Wildman–Crippen LogP) is 1.85. The molecule has 2 rings (SSSR count). The number of amides is 2. The summed E-state index contributed by atoms with van der Waals surface area (Å²) < 4.78 is 5.55. The van der Waals surface area contributed by atoms with E-state index in [9.17, 15) is 9.59 Å². The van der Waals surface area contributed by atoms with Gasteiger partial charge in [-0.25, -0.2) is 0 Å². The first-order valence-corrected chi connectivity index (χ1v) is 8.36. The van der Waals surface area contributed by atoms with E-state index < -0.39 is 5.54 Å². The van der Waals surface area contributed by atoms with Crippen molar-refractivity contribution in [1.82, 2.24) is 10.2 Å². The molecule has 2 aliphatic rings. The van der Waals surface area contributed by atoms with E-state index in [-0.39, 0.29) is 17.9 Å². The lowest BCUT2D eigenvalue weighted by Gasteiger charge is -2.50. The number of nitrogens with one attached hydrogen (secondary N) is 1. The Bertz CT molecular complexity index is 378. The van der Waals surface area contributed by atoms with Crippen molar-refractivity contribution in [2.45, 2.75) is 70.4 Å². The Hall–Kier alpha value is -1.10. The number of nitrogens with zero attached hydrogens (tertiary/aromatic N) is 1. The SMILES string of the molecule is CCCOCCN1C(=O)C(CC)NC(=O)C12CCCCC2. The van der Waals surface area contributed by atoms with Crippen molar-refractivity contribution >= 4 is 11.8 Å². The zero-order valence-corrected chi connectivity index (χ0v) is 13.3. The van der Waals surface area contributed by atoms with E-state index in [4.69, 9.17) is 4.74 Å². The molecule has 0 aromatic heterocycles. The van der Waals surface area contributed by atoms with Crippen molar-refractivity contribution in [2.24, 2.45) is 0 Å². The van der Waals surface area contributed by atoms with E-state index in [1.807, 2.05) is 11.8 Å². The molecule has 1 heterocycles. The van der Waals surface area contributed by atoms with Crippen LogP contribution < -0.4 is 5.32 Å². The fourth-order valence-corrected chi connectivity index (χ4v) is 3.51. The fourth-order valence-electron chi connectivity index (χ4n) is 3.51. The first-order chi connectivity index (χ1) is 10.2. The topological polar surface area (TPSA) is 58.6 Å². The highest BCUT2D eigenvalue weighted by Crippen LogP contribution is 2.36. The van der Waals surface area contributed by atoms with E-state index in [1.54, 1.807) is 0 Å². The normalized spacial score (nSPS) is 25.2. The summed E-state index contributed by atoms with van der Waals surface area (Å²) in [6.07, 6.45) is 6.38. The molecule has 5 heteroatoms. The molecule has 0 radical (unpaired) electrons. The molecular formula is C16H28N2O3. The molecule has 120 valence electrons. The molecule has 1 atom stereocenters. The average Bonchev–Trinajstić information content (AvgIpc) is 2.51. The van der Waals surface area contributed by atoms with E-state index in [2.05, 4.69) is 12.2 Å². The first kappa shape index (κ1) is 16.3. The zero-order chi connectivity index (χ0) is 15.3. The molecule has 1 aliphatic heterocycles. The van der Waals surface area contributed by atoms with Gasteiger partial charge in [0.25, 0.3) is 0 Å².